The Balaban J connectivity index is 0.882. The van der Waals surface area contributed by atoms with Crippen LogP contribution < -0.4 is 35.4 Å². The minimum Gasteiger partial charge on any atom is -0.311 e. The van der Waals surface area contributed by atoms with Gasteiger partial charge in [0.15, 0.2) is 19.6 Å². The number of para-hydroxylation sites is 4. The summed E-state index contributed by atoms with van der Waals surface area (Å²) in [5.41, 5.74) is 13.3. The number of hydrogen-bond donors (Lipinski definition) is 0. The average molecular weight is 1120 g/mol. The zero-order valence-electron chi connectivity index (χ0n) is 47.2. The third kappa shape index (κ3) is 10.9. The van der Waals surface area contributed by atoms with E-state index >= 15 is 0 Å². The van der Waals surface area contributed by atoms with Crippen LogP contribution in [0.5, 0.6) is 0 Å². The van der Waals surface area contributed by atoms with Crippen molar-refractivity contribution in [3.05, 3.63) is 380 Å². The number of benzene rings is 13. The fraction of sp³-hybridized carbons (Fsp3) is 0. The van der Waals surface area contributed by atoms with Gasteiger partial charge in [0, 0.05) is 73.4 Å². The fourth-order valence-electron chi connectivity index (χ4n) is 11.9. The third-order valence-electron chi connectivity index (χ3n) is 16.0. The van der Waals surface area contributed by atoms with Crippen LogP contribution in [0.25, 0.3) is 11.1 Å². The maximum atomic E-state index is 14.1. The highest BCUT2D eigenvalue weighted by molar-refractivity contribution is 7.19. The van der Waals surface area contributed by atoms with Crippen molar-refractivity contribution < 1.29 is 9.59 Å². The highest BCUT2D eigenvalue weighted by atomic mass is 28.3. The number of carbonyl (C=O) groups excluding carboxylic acids is 2. The summed E-state index contributed by atoms with van der Waals surface area (Å²) in [7, 11) is -3.01. The lowest BCUT2D eigenvalue weighted by molar-refractivity contribution is 0.100. The summed E-state index contributed by atoms with van der Waals surface area (Å²) in [5, 5.41) is 5.02. The van der Waals surface area contributed by atoms with Gasteiger partial charge in [-0.25, -0.2) is 0 Å². The number of anilines is 9. The van der Waals surface area contributed by atoms with E-state index in [2.05, 4.69) is 294 Å². The summed E-state index contributed by atoms with van der Waals surface area (Å²) in [6.07, 6.45) is 0. The standard InChI is InChI=1S/C80H59N3O2Si/c84-79(62-24-8-1-9-25-62)77-38-22-23-39-78(77)80(85)63-42-40-60(41-43-63)61-44-56-75(57-45-61)86(73-34-18-6-19-35-73,74-36-20-7-21-37-74)76-58-54-72(55-59-76)83(70-50-46-68(47-51-70)81(64-26-10-2-11-27-64)65-28-12-3-13-29-65)71-52-48-69(49-53-71)82(66-30-14-4-15-31-66)67-32-16-5-17-33-67/h1-59H. The zero-order chi connectivity index (χ0) is 58.1. The number of carbonyl (C=O) groups is 2. The molecule has 13 aromatic rings. The predicted octanol–water partition coefficient (Wildman–Crippen LogP) is 17.6. The molecule has 13 aromatic carbocycles. The molecule has 0 fully saturated rings. The molecule has 6 heteroatoms. The largest absolute Gasteiger partial charge is 0.311 e. The van der Waals surface area contributed by atoms with Crippen molar-refractivity contribution in [2.75, 3.05) is 14.7 Å². The van der Waals surface area contributed by atoms with Crippen LogP contribution in [-0.2, 0) is 0 Å². The quantitative estimate of drug-likeness (QED) is 0.0487. The van der Waals surface area contributed by atoms with Crippen LogP contribution in [0, 0.1) is 0 Å². The Kier molecular flexibility index (Phi) is 15.6. The molecule has 0 unspecified atom stereocenters. The molecule has 0 N–H and O–H groups in total. The Morgan fingerprint density at radius 1 is 0.198 bits per heavy atom. The van der Waals surface area contributed by atoms with Gasteiger partial charge in [-0.05, 0) is 141 Å². The lowest BCUT2D eigenvalue weighted by Gasteiger charge is -2.35. The molecule has 86 heavy (non-hydrogen) atoms. The van der Waals surface area contributed by atoms with Crippen LogP contribution >= 0.6 is 0 Å². The van der Waals surface area contributed by atoms with Crippen molar-refractivity contribution in [2.45, 2.75) is 0 Å². The van der Waals surface area contributed by atoms with Crippen molar-refractivity contribution in [1.82, 2.24) is 0 Å². The van der Waals surface area contributed by atoms with Crippen LogP contribution in [-0.4, -0.2) is 19.6 Å². The van der Waals surface area contributed by atoms with E-state index in [-0.39, 0.29) is 11.6 Å². The molecule has 0 saturated heterocycles. The Morgan fingerprint density at radius 3 is 0.721 bits per heavy atom. The second kappa shape index (κ2) is 24.7. The molecule has 0 heterocycles. The molecule has 410 valence electrons. The molecule has 0 spiro atoms. The Morgan fingerprint density at radius 2 is 0.407 bits per heavy atom. The second-order valence-electron chi connectivity index (χ2n) is 21.1. The van der Waals surface area contributed by atoms with Gasteiger partial charge in [-0.3, -0.25) is 9.59 Å². The topological polar surface area (TPSA) is 43.9 Å². The molecular weight excluding hydrogens is 1060 g/mol. The molecule has 5 nitrogen and oxygen atoms in total. The zero-order valence-corrected chi connectivity index (χ0v) is 48.2. The normalized spacial score (nSPS) is 11.1. The first-order valence-corrected chi connectivity index (χ1v) is 31.0. The van der Waals surface area contributed by atoms with Crippen molar-refractivity contribution in [2.24, 2.45) is 0 Å². The smallest absolute Gasteiger partial charge is 0.193 e. The van der Waals surface area contributed by atoms with E-state index in [4.69, 9.17) is 0 Å². The van der Waals surface area contributed by atoms with E-state index in [0.29, 0.717) is 22.3 Å². The lowest BCUT2D eigenvalue weighted by atomic mass is 9.92. The second-order valence-corrected chi connectivity index (χ2v) is 24.9. The highest BCUT2D eigenvalue weighted by Crippen LogP contribution is 2.41. The molecule has 0 aromatic heterocycles. The molecule has 0 radical (unpaired) electrons. The maximum absolute atomic E-state index is 14.1. The summed E-state index contributed by atoms with van der Waals surface area (Å²) < 4.78 is 0. The number of rotatable bonds is 18. The van der Waals surface area contributed by atoms with Gasteiger partial charge in [-0.2, -0.15) is 0 Å². The molecular formula is C80H59N3O2Si. The number of hydrogen-bond acceptors (Lipinski definition) is 5. The van der Waals surface area contributed by atoms with Gasteiger partial charge in [-0.15, -0.1) is 0 Å². The van der Waals surface area contributed by atoms with E-state index in [0.717, 1.165) is 62.3 Å². The van der Waals surface area contributed by atoms with Crippen molar-refractivity contribution in [3.63, 3.8) is 0 Å². The number of nitrogens with zero attached hydrogens (tertiary/aromatic N) is 3. The van der Waals surface area contributed by atoms with E-state index in [9.17, 15) is 9.59 Å². The van der Waals surface area contributed by atoms with Crippen molar-refractivity contribution in [1.29, 1.82) is 0 Å². The molecule has 0 aliphatic heterocycles. The fourth-order valence-corrected chi connectivity index (χ4v) is 16.6. The lowest BCUT2D eigenvalue weighted by Crippen LogP contribution is -2.74. The van der Waals surface area contributed by atoms with Gasteiger partial charge >= 0.3 is 0 Å². The summed E-state index contributed by atoms with van der Waals surface area (Å²) in [6.45, 7) is 0. The molecule has 0 bridgehead atoms. The van der Waals surface area contributed by atoms with Crippen LogP contribution in [0.15, 0.2) is 358 Å². The Hall–Kier alpha value is -11.2. The highest BCUT2D eigenvalue weighted by Gasteiger charge is 2.41. The van der Waals surface area contributed by atoms with Gasteiger partial charge < -0.3 is 14.7 Å². The minimum absolute atomic E-state index is 0.177. The van der Waals surface area contributed by atoms with Crippen LogP contribution in [0.2, 0.25) is 0 Å². The van der Waals surface area contributed by atoms with Gasteiger partial charge in [0.2, 0.25) is 0 Å². The van der Waals surface area contributed by atoms with Gasteiger partial charge in [0.1, 0.15) is 0 Å². The van der Waals surface area contributed by atoms with Crippen molar-refractivity contribution in [3.8, 4) is 11.1 Å². The summed E-state index contributed by atoms with van der Waals surface area (Å²) >= 11 is 0. The first kappa shape index (κ1) is 54.1. The molecule has 13 rings (SSSR count). The SMILES string of the molecule is O=C(c1ccccc1)c1ccccc1C(=O)c1ccc(-c2ccc([Si](c3ccccc3)(c3ccccc3)c3ccc(N(c4ccc(N(c5ccccc5)c5ccccc5)cc4)c4ccc(N(c5ccccc5)c5ccccc5)cc4)cc3)cc2)cc1. The first-order valence-electron chi connectivity index (χ1n) is 29.0. The summed E-state index contributed by atoms with van der Waals surface area (Å²) in [6, 6.07) is 124. The Bertz CT molecular complexity index is 4120. The summed E-state index contributed by atoms with van der Waals surface area (Å²) in [4.78, 5) is 34.7. The monoisotopic (exact) mass is 1120 g/mol. The van der Waals surface area contributed by atoms with E-state index in [1.54, 1.807) is 36.4 Å². The number of ketones is 2. The van der Waals surface area contributed by atoms with Crippen LogP contribution in [0.1, 0.15) is 31.8 Å². The summed E-state index contributed by atoms with van der Waals surface area (Å²) in [5.74, 6) is -0.371. The van der Waals surface area contributed by atoms with Gasteiger partial charge in [0.25, 0.3) is 0 Å². The minimum atomic E-state index is -3.01. The molecule has 0 saturated carbocycles. The van der Waals surface area contributed by atoms with Gasteiger partial charge in [0.05, 0.1) is 0 Å². The average Bonchev–Trinajstić information content (AvgIpc) is 1.24. The van der Waals surface area contributed by atoms with Crippen molar-refractivity contribution >= 4 is 91.6 Å². The molecule has 0 atom stereocenters. The first-order chi connectivity index (χ1) is 42.5. The molecule has 0 aliphatic rings. The maximum Gasteiger partial charge on any atom is 0.193 e. The molecule has 0 amide bonds. The van der Waals surface area contributed by atoms with Gasteiger partial charge in [-0.1, -0.05) is 249 Å². The van der Waals surface area contributed by atoms with Crippen LogP contribution in [0.3, 0.4) is 0 Å². The van der Waals surface area contributed by atoms with E-state index in [1.807, 2.05) is 42.5 Å². The predicted molar refractivity (Wildman–Crippen MR) is 359 cm³/mol. The van der Waals surface area contributed by atoms with Crippen LogP contribution in [0.4, 0.5) is 51.2 Å². The Labute approximate surface area is 504 Å². The molecule has 0 aliphatic carbocycles. The van der Waals surface area contributed by atoms with E-state index < -0.39 is 8.07 Å². The van der Waals surface area contributed by atoms with E-state index in [1.165, 1.54) is 20.7 Å². The third-order valence-corrected chi connectivity index (χ3v) is 20.8.